The van der Waals surface area contributed by atoms with Crippen molar-refractivity contribution < 1.29 is 18.7 Å². The Bertz CT molecular complexity index is 563. The molecule has 2 rings (SSSR count). The van der Waals surface area contributed by atoms with Crippen molar-refractivity contribution in [2.24, 2.45) is 0 Å². The number of hydrogen-bond donors (Lipinski definition) is 1. The maximum Gasteiger partial charge on any atom is 0.309 e. The second kappa shape index (κ2) is 4.91. The molecule has 1 N–H and O–H groups in total. The third kappa shape index (κ3) is 3.09. The molecule has 0 aliphatic rings. The Balaban J connectivity index is 2.13. The average molecular weight is 253 g/mol. The van der Waals surface area contributed by atoms with Crippen molar-refractivity contribution in [3.05, 3.63) is 47.3 Å². The smallest absolute Gasteiger partial charge is 0.309 e. The molecule has 7 heteroatoms. The zero-order chi connectivity index (χ0) is 13.1. The van der Waals surface area contributed by atoms with Crippen LogP contribution in [-0.4, -0.2) is 26.1 Å². The van der Waals surface area contributed by atoms with Crippen molar-refractivity contribution in [2.75, 3.05) is 0 Å². The fourth-order valence-corrected chi connectivity index (χ4v) is 1.54. The van der Waals surface area contributed by atoms with Gasteiger partial charge in [-0.25, -0.2) is 13.5 Å². The van der Waals surface area contributed by atoms with Crippen LogP contribution in [0.4, 0.5) is 8.78 Å². The first kappa shape index (κ1) is 12.2. The van der Waals surface area contributed by atoms with Gasteiger partial charge in [-0.1, -0.05) is 5.21 Å². The third-order valence-corrected chi connectivity index (χ3v) is 2.19. The molecule has 0 aliphatic carbocycles. The van der Waals surface area contributed by atoms with Gasteiger partial charge in [0, 0.05) is 12.3 Å². The molecule has 0 aliphatic heterocycles. The molecule has 1 aromatic carbocycles. The first-order valence-corrected chi connectivity index (χ1v) is 5.09. The predicted molar refractivity (Wildman–Crippen MR) is 56.8 cm³/mol. The number of carboxylic acids is 1. The van der Waals surface area contributed by atoms with E-state index in [2.05, 4.69) is 10.3 Å². The lowest BCUT2D eigenvalue weighted by Gasteiger charge is -2.01. The van der Waals surface area contributed by atoms with E-state index in [0.29, 0.717) is 11.3 Å². The van der Waals surface area contributed by atoms with Crippen molar-refractivity contribution in [2.45, 2.75) is 13.0 Å². The van der Waals surface area contributed by atoms with Crippen LogP contribution in [0.15, 0.2) is 24.4 Å². The Hall–Kier alpha value is -2.31. The van der Waals surface area contributed by atoms with E-state index in [0.717, 1.165) is 6.07 Å². The minimum Gasteiger partial charge on any atom is -0.481 e. The van der Waals surface area contributed by atoms with Crippen LogP contribution in [0.1, 0.15) is 11.3 Å². The summed E-state index contributed by atoms with van der Waals surface area (Å²) in [6.45, 7) is 0.126. The number of nitrogens with zero attached hydrogens (tertiary/aromatic N) is 3. The molecule has 5 nitrogen and oxygen atoms in total. The van der Waals surface area contributed by atoms with Crippen LogP contribution in [-0.2, 0) is 17.8 Å². The summed E-state index contributed by atoms with van der Waals surface area (Å²) in [5, 5.41) is 15.9. The van der Waals surface area contributed by atoms with Crippen molar-refractivity contribution >= 4 is 5.97 Å². The molecule has 1 aromatic heterocycles. The summed E-state index contributed by atoms with van der Waals surface area (Å²) < 4.78 is 27.2. The maximum absolute atomic E-state index is 12.9. The highest BCUT2D eigenvalue weighted by molar-refractivity contribution is 5.69. The number of halogens is 2. The fraction of sp³-hybridized carbons (Fsp3) is 0.182. The van der Waals surface area contributed by atoms with Crippen LogP contribution in [0.2, 0.25) is 0 Å². The molecule has 94 valence electrons. The van der Waals surface area contributed by atoms with Crippen molar-refractivity contribution in [1.29, 1.82) is 0 Å². The second-order valence-corrected chi connectivity index (χ2v) is 3.76. The molecule has 2 aromatic rings. The molecule has 0 unspecified atom stereocenters. The Morgan fingerprint density at radius 1 is 1.28 bits per heavy atom. The van der Waals surface area contributed by atoms with Crippen molar-refractivity contribution in [3.63, 3.8) is 0 Å². The van der Waals surface area contributed by atoms with E-state index in [1.807, 2.05) is 0 Å². The van der Waals surface area contributed by atoms with Crippen LogP contribution < -0.4 is 0 Å². The number of rotatable bonds is 4. The van der Waals surface area contributed by atoms with Gasteiger partial charge in [0.1, 0.15) is 11.6 Å². The summed E-state index contributed by atoms with van der Waals surface area (Å²) in [6, 6.07) is 3.14. The van der Waals surface area contributed by atoms with Crippen molar-refractivity contribution in [1.82, 2.24) is 15.0 Å². The number of carbonyl (C=O) groups is 1. The van der Waals surface area contributed by atoms with Gasteiger partial charge in [-0.05, 0) is 17.7 Å². The van der Waals surface area contributed by atoms with Crippen LogP contribution in [0.5, 0.6) is 0 Å². The second-order valence-electron chi connectivity index (χ2n) is 3.76. The summed E-state index contributed by atoms with van der Waals surface area (Å²) in [7, 11) is 0. The molecule has 0 bridgehead atoms. The van der Waals surface area contributed by atoms with Crippen LogP contribution in [0.3, 0.4) is 0 Å². The molecule has 0 fully saturated rings. The Labute approximate surface area is 101 Å². The SMILES string of the molecule is O=C(O)Cc1cn(Cc2cc(F)cc(F)c2)nn1. The average Bonchev–Trinajstić information content (AvgIpc) is 2.62. The van der Waals surface area contributed by atoms with Gasteiger partial charge in [-0.2, -0.15) is 0 Å². The number of benzene rings is 1. The highest BCUT2D eigenvalue weighted by Gasteiger charge is 2.07. The van der Waals surface area contributed by atoms with Gasteiger partial charge in [0.25, 0.3) is 0 Å². The van der Waals surface area contributed by atoms with E-state index in [4.69, 9.17) is 5.11 Å². The maximum atomic E-state index is 12.9. The molecule has 0 radical (unpaired) electrons. The normalized spacial score (nSPS) is 10.6. The van der Waals surface area contributed by atoms with Gasteiger partial charge in [0.05, 0.1) is 18.7 Å². The first-order valence-electron chi connectivity index (χ1n) is 5.09. The topological polar surface area (TPSA) is 68.0 Å². The zero-order valence-electron chi connectivity index (χ0n) is 9.18. The quantitative estimate of drug-likeness (QED) is 0.889. The van der Waals surface area contributed by atoms with Gasteiger partial charge in [-0.15, -0.1) is 5.10 Å². The fourth-order valence-electron chi connectivity index (χ4n) is 1.54. The number of carboxylic acid groups (broad SMARTS) is 1. The standard InChI is InChI=1S/C11H9F2N3O2/c12-8-1-7(2-9(13)3-8)5-16-6-10(14-15-16)4-11(17)18/h1-3,6H,4-5H2,(H,17,18). The monoisotopic (exact) mass is 253 g/mol. The molecule has 0 atom stereocenters. The van der Waals surface area contributed by atoms with E-state index in [1.54, 1.807) is 0 Å². The number of hydrogen-bond acceptors (Lipinski definition) is 3. The molecular weight excluding hydrogens is 244 g/mol. The van der Waals surface area contributed by atoms with Gasteiger partial charge < -0.3 is 5.11 Å². The Morgan fingerprint density at radius 2 is 1.94 bits per heavy atom. The van der Waals surface area contributed by atoms with Gasteiger partial charge in [-0.3, -0.25) is 4.79 Å². The van der Waals surface area contributed by atoms with Crippen molar-refractivity contribution in [3.8, 4) is 0 Å². The van der Waals surface area contributed by atoms with E-state index in [9.17, 15) is 13.6 Å². The van der Waals surface area contributed by atoms with Crippen LogP contribution >= 0.6 is 0 Å². The van der Waals surface area contributed by atoms with Gasteiger partial charge in [0.2, 0.25) is 0 Å². The van der Waals surface area contributed by atoms with Crippen LogP contribution in [0, 0.1) is 11.6 Å². The minimum absolute atomic E-state index is 0.126. The zero-order valence-corrected chi connectivity index (χ0v) is 9.18. The summed E-state index contributed by atoms with van der Waals surface area (Å²) in [6.07, 6.45) is 1.19. The largest absolute Gasteiger partial charge is 0.481 e. The van der Waals surface area contributed by atoms with E-state index < -0.39 is 17.6 Å². The van der Waals surface area contributed by atoms with Gasteiger partial charge >= 0.3 is 5.97 Å². The summed E-state index contributed by atoms with van der Waals surface area (Å²) in [5.41, 5.74) is 0.679. The first-order chi connectivity index (χ1) is 8.52. The number of aromatic nitrogens is 3. The minimum atomic E-state index is -1.01. The predicted octanol–water partition coefficient (Wildman–Crippen LogP) is 1.23. The van der Waals surface area contributed by atoms with E-state index in [-0.39, 0.29) is 13.0 Å². The van der Waals surface area contributed by atoms with Gasteiger partial charge in [0.15, 0.2) is 0 Å². The summed E-state index contributed by atoms with van der Waals surface area (Å²) in [5.74, 6) is -2.36. The lowest BCUT2D eigenvalue weighted by molar-refractivity contribution is -0.136. The molecule has 0 saturated carbocycles. The molecule has 1 heterocycles. The molecule has 0 amide bonds. The van der Waals surface area contributed by atoms with E-state index >= 15 is 0 Å². The molecule has 0 saturated heterocycles. The summed E-state index contributed by atoms with van der Waals surface area (Å²) in [4.78, 5) is 10.4. The molecular formula is C11H9F2N3O2. The third-order valence-electron chi connectivity index (χ3n) is 2.19. The lowest BCUT2D eigenvalue weighted by Crippen LogP contribution is -2.02. The summed E-state index contributed by atoms with van der Waals surface area (Å²) >= 11 is 0. The van der Waals surface area contributed by atoms with E-state index in [1.165, 1.54) is 23.0 Å². The lowest BCUT2D eigenvalue weighted by atomic mass is 10.2. The van der Waals surface area contributed by atoms with Crippen LogP contribution in [0.25, 0.3) is 0 Å². The molecule has 18 heavy (non-hydrogen) atoms. The highest BCUT2D eigenvalue weighted by atomic mass is 19.1. The molecule has 0 spiro atoms. The highest BCUT2D eigenvalue weighted by Crippen LogP contribution is 2.09. The Kier molecular flexibility index (Phi) is 3.31. The Morgan fingerprint density at radius 3 is 2.56 bits per heavy atom. The number of aliphatic carboxylic acids is 1.